The van der Waals surface area contributed by atoms with E-state index in [0.717, 1.165) is 30.3 Å². The third-order valence-corrected chi connectivity index (χ3v) is 7.96. The first kappa shape index (κ1) is 27.8. The number of benzene rings is 1. The number of nitrogens with zero attached hydrogens (tertiary/aromatic N) is 7. The molecule has 14 heteroatoms. The second-order valence-electron chi connectivity index (χ2n) is 10.4. The van der Waals surface area contributed by atoms with Crippen LogP contribution in [0.5, 0.6) is 0 Å². The highest BCUT2D eigenvalue weighted by atomic mass is 35.5. The summed E-state index contributed by atoms with van der Waals surface area (Å²) in [7, 11) is 0. The molecule has 1 saturated heterocycles. The zero-order valence-electron chi connectivity index (χ0n) is 22.6. The maximum absolute atomic E-state index is 14.8. The predicted molar refractivity (Wildman–Crippen MR) is 147 cm³/mol. The molecule has 4 heterocycles. The molecule has 0 radical (unpaired) electrons. The van der Waals surface area contributed by atoms with E-state index in [1.807, 2.05) is 13.8 Å². The summed E-state index contributed by atoms with van der Waals surface area (Å²) in [6.07, 6.45) is 3.77. The van der Waals surface area contributed by atoms with Gasteiger partial charge in [0.15, 0.2) is 5.82 Å². The summed E-state index contributed by atoms with van der Waals surface area (Å²) in [5.74, 6) is -0.785. The van der Waals surface area contributed by atoms with Crippen molar-refractivity contribution in [2.75, 3.05) is 16.8 Å². The number of amides is 2. The lowest BCUT2D eigenvalue weighted by Crippen LogP contribution is -2.30. The molecule has 0 unspecified atom stereocenters. The van der Waals surface area contributed by atoms with Gasteiger partial charge < -0.3 is 5.32 Å². The van der Waals surface area contributed by atoms with Crippen molar-refractivity contribution in [3.8, 4) is 11.3 Å². The Balaban J connectivity index is 1.21. The number of halogens is 4. The molecule has 4 aromatic rings. The monoisotopic (exact) mass is 596 g/mol. The van der Waals surface area contributed by atoms with Gasteiger partial charge in [0.2, 0.25) is 11.9 Å². The fourth-order valence-electron chi connectivity index (χ4n) is 5.20. The molecule has 1 aliphatic carbocycles. The standard InChI is InChI=1S/C28H24ClF3N8O2/c1-12-19(8-34-28(36-12)39-10-15-6-18(15)27(39)42)14(3)40-11-16(7-35-40)37-26(41)24-13(2)33-9-21(38-24)22-17(25(31)32)4-5-20(29)23(22)30/h4-5,7-9,11,14-15,18,25H,6,10H2,1-3H3,(H,37,41)/t14-,15+,18+/m0/s1. The average molecular weight is 597 g/mol. The summed E-state index contributed by atoms with van der Waals surface area (Å²) in [5.41, 5.74) is 0.449. The first-order chi connectivity index (χ1) is 20.0. The smallest absolute Gasteiger partial charge is 0.276 e. The van der Waals surface area contributed by atoms with Crippen molar-refractivity contribution in [2.24, 2.45) is 11.8 Å². The van der Waals surface area contributed by atoms with Crippen molar-refractivity contribution in [2.45, 2.75) is 39.7 Å². The lowest BCUT2D eigenvalue weighted by atomic mass is 10.0. The molecular formula is C28H24ClF3N8O2. The number of hydrogen-bond donors (Lipinski definition) is 1. The molecule has 1 aromatic carbocycles. The van der Waals surface area contributed by atoms with Crippen LogP contribution in [0.3, 0.4) is 0 Å². The minimum Gasteiger partial charge on any atom is -0.318 e. The van der Waals surface area contributed by atoms with Crippen LogP contribution in [0.25, 0.3) is 11.3 Å². The molecule has 216 valence electrons. The van der Waals surface area contributed by atoms with Gasteiger partial charge in [-0.1, -0.05) is 17.7 Å². The van der Waals surface area contributed by atoms with E-state index in [1.54, 1.807) is 22.0 Å². The molecule has 10 nitrogen and oxygen atoms in total. The van der Waals surface area contributed by atoms with E-state index in [-0.39, 0.29) is 40.0 Å². The van der Waals surface area contributed by atoms with Crippen LogP contribution >= 0.6 is 11.6 Å². The van der Waals surface area contributed by atoms with Crippen molar-refractivity contribution in [3.05, 3.63) is 76.0 Å². The van der Waals surface area contributed by atoms with E-state index in [9.17, 15) is 22.8 Å². The Morgan fingerprint density at radius 2 is 1.88 bits per heavy atom. The third-order valence-electron chi connectivity index (χ3n) is 7.66. The number of alkyl halides is 2. The molecule has 42 heavy (non-hydrogen) atoms. The Morgan fingerprint density at radius 1 is 1.10 bits per heavy atom. The predicted octanol–water partition coefficient (Wildman–Crippen LogP) is 5.32. The zero-order valence-corrected chi connectivity index (χ0v) is 23.4. The summed E-state index contributed by atoms with van der Waals surface area (Å²) >= 11 is 5.83. The number of rotatable bonds is 7. The van der Waals surface area contributed by atoms with E-state index in [1.165, 1.54) is 13.1 Å². The Hall–Kier alpha value is -4.39. The molecule has 6 rings (SSSR count). The van der Waals surface area contributed by atoms with Crippen molar-refractivity contribution in [1.29, 1.82) is 0 Å². The van der Waals surface area contributed by atoms with Crippen LogP contribution in [0.1, 0.15) is 58.8 Å². The summed E-state index contributed by atoms with van der Waals surface area (Å²) in [6, 6.07) is 1.74. The van der Waals surface area contributed by atoms with E-state index < -0.39 is 29.3 Å². The maximum atomic E-state index is 14.8. The molecule has 2 fully saturated rings. The zero-order chi connectivity index (χ0) is 29.9. The second kappa shape index (κ2) is 10.5. The van der Waals surface area contributed by atoms with Crippen LogP contribution < -0.4 is 10.2 Å². The third kappa shape index (κ3) is 4.87. The van der Waals surface area contributed by atoms with E-state index in [2.05, 4.69) is 30.4 Å². The molecule has 1 saturated carbocycles. The topological polar surface area (TPSA) is 119 Å². The van der Waals surface area contributed by atoms with Gasteiger partial charge in [0.1, 0.15) is 5.69 Å². The lowest BCUT2D eigenvalue weighted by Gasteiger charge is -2.19. The summed E-state index contributed by atoms with van der Waals surface area (Å²) in [4.78, 5) is 44.4. The van der Waals surface area contributed by atoms with E-state index in [0.29, 0.717) is 29.8 Å². The number of nitrogens with one attached hydrogen (secondary N) is 1. The molecule has 3 atom stereocenters. The minimum absolute atomic E-state index is 0.0743. The maximum Gasteiger partial charge on any atom is 0.276 e. The summed E-state index contributed by atoms with van der Waals surface area (Å²) in [6.45, 7) is 5.89. The number of fused-ring (bicyclic) bond motifs is 1. The minimum atomic E-state index is -3.00. The molecule has 1 aliphatic heterocycles. The van der Waals surface area contributed by atoms with Crippen molar-refractivity contribution in [1.82, 2.24) is 29.7 Å². The SMILES string of the molecule is Cc1nc(N2C[C@H]3C[C@H]3C2=O)ncc1[C@H](C)n1cc(NC(=O)c2nc(-c3c(C(F)F)ccc(Cl)c3F)cnc2C)cn1. The highest BCUT2D eigenvalue weighted by Crippen LogP contribution is 2.46. The van der Waals surface area contributed by atoms with Crippen LogP contribution in [-0.2, 0) is 4.79 Å². The van der Waals surface area contributed by atoms with Crippen LogP contribution in [0.2, 0.25) is 5.02 Å². The Bertz CT molecular complexity index is 1750. The normalized spacial score (nSPS) is 18.4. The number of hydrogen-bond acceptors (Lipinski definition) is 7. The average Bonchev–Trinajstić information content (AvgIpc) is 3.45. The molecule has 2 amide bonds. The van der Waals surface area contributed by atoms with Gasteiger partial charge in [0, 0.05) is 47.2 Å². The number of aromatic nitrogens is 6. The van der Waals surface area contributed by atoms with Crippen LogP contribution in [-0.4, -0.2) is 48.1 Å². The van der Waals surface area contributed by atoms with Gasteiger partial charge in [-0.05, 0) is 39.2 Å². The van der Waals surface area contributed by atoms with Crippen LogP contribution in [0.15, 0.2) is 36.9 Å². The van der Waals surface area contributed by atoms with E-state index in [4.69, 9.17) is 11.6 Å². The highest BCUT2D eigenvalue weighted by Gasteiger charge is 2.53. The number of anilines is 2. The first-order valence-corrected chi connectivity index (χ1v) is 13.5. The molecule has 0 bridgehead atoms. The van der Waals surface area contributed by atoms with Gasteiger partial charge in [-0.3, -0.25) is 24.2 Å². The van der Waals surface area contributed by atoms with Gasteiger partial charge in [-0.2, -0.15) is 5.10 Å². The molecule has 0 spiro atoms. The van der Waals surface area contributed by atoms with Gasteiger partial charge in [-0.15, -0.1) is 0 Å². The molecule has 2 aliphatic rings. The fourth-order valence-corrected chi connectivity index (χ4v) is 5.36. The number of piperidine rings is 1. The fraction of sp³-hybridized carbons (Fsp3) is 0.321. The molecule has 1 N–H and O–H groups in total. The van der Waals surface area contributed by atoms with Crippen LogP contribution in [0, 0.1) is 31.5 Å². The van der Waals surface area contributed by atoms with Crippen molar-refractivity contribution in [3.63, 3.8) is 0 Å². The number of aryl methyl sites for hydroxylation is 2. The largest absolute Gasteiger partial charge is 0.318 e. The molecule has 3 aromatic heterocycles. The highest BCUT2D eigenvalue weighted by molar-refractivity contribution is 6.31. The number of carbonyl (C=O) groups is 2. The van der Waals surface area contributed by atoms with Crippen LogP contribution in [0.4, 0.5) is 24.8 Å². The van der Waals surface area contributed by atoms with Gasteiger partial charge >= 0.3 is 0 Å². The summed E-state index contributed by atoms with van der Waals surface area (Å²) in [5, 5.41) is 6.66. The number of carbonyl (C=O) groups excluding carboxylic acids is 2. The van der Waals surface area contributed by atoms with Gasteiger partial charge in [-0.25, -0.2) is 28.1 Å². The van der Waals surface area contributed by atoms with Gasteiger partial charge in [0.05, 0.1) is 40.5 Å². The summed E-state index contributed by atoms with van der Waals surface area (Å²) < 4.78 is 43.6. The van der Waals surface area contributed by atoms with Crippen molar-refractivity contribution < 1.29 is 22.8 Å². The Labute approximate surface area is 243 Å². The quantitative estimate of drug-likeness (QED) is 0.307. The second-order valence-corrected chi connectivity index (χ2v) is 10.8. The van der Waals surface area contributed by atoms with Crippen molar-refractivity contribution >= 4 is 35.1 Å². The van der Waals surface area contributed by atoms with E-state index >= 15 is 0 Å². The molecular weight excluding hydrogens is 573 g/mol. The van der Waals surface area contributed by atoms with Gasteiger partial charge in [0.25, 0.3) is 12.3 Å². The Kier molecular flexibility index (Phi) is 6.92. The Morgan fingerprint density at radius 3 is 2.57 bits per heavy atom. The lowest BCUT2D eigenvalue weighted by molar-refractivity contribution is -0.118. The first-order valence-electron chi connectivity index (χ1n) is 13.1.